The van der Waals surface area contributed by atoms with Gasteiger partial charge in [-0.05, 0) is 91.7 Å². The molecule has 3 fully saturated rings. The normalized spacial score (nSPS) is 31.3. The number of ether oxygens (including phenoxy) is 3. The average Bonchev–Trinajstić information content (AvgIpc) is 3.62. The number of Topliss-reactive ketones (excluding diaryl/α,β-unsaturated/α-hetero) is 1. The molecule has 0 amide bonds. The van der Waals surface area contributed by atoms with Crippen LogP contribution in [0.4, 0.5) is 0 Å². The number of benzene rings is 1. The number of rotatable bonds is 13. The first kappa shape index (κ1) is 38.6. The van der Waals surface area contributed by atoms with Crippen molar-refractivity contribution in [1.82, 2.24) is 5.16 Å². The number of nitrogens with zero attached hydrogens (tertiary/aromatic N) is 2. The molecule has 0 bridgehead atoms. The highest BCUT2D eigenvalue weighted by molar-refractivity contribution is 7.91. The van der Waals surface area contributed by atoms with Crippen molar-refractivity contribution in [2.75, 3.05) is 13.2 Å². The van der Waals surface area contributed by atoms with Crippen LogP contribution in [-0.4, -0.2) is 78.3 Å². The predicted molar refractivity (Wildman–Crippen MR) is 181 cm³/mol. The molecule has 4 aliphatic rings. The van der Waals surface area contributed by atoms with E-state index in [4.69, 9.17) is 14.2 Å². The van der Waals surface area contributed by atoms with Gasteiger partial charge in [0, 0.05) is 18.3 Å². The van der Waals surface area contributed by atoms with Crippen molar-refractivity contribution in [2.24, 2.45) is 28.6 Å². The molecule has 0 radical (unpaired) electrons. The van der Waals surface area contributed by atoms with Crippen LogP contribution in [0, 0.1) is 33.8 Å². The van der Waals surface area contributed by atoms with Crippen molar-refractivity contribution in [3.63, 3.8) is 0 Å². The molecule has 0 aliphatic heterocycles. The van der Waals surface area contributed by atoms with Crippen molar-refractivity contribution in [2.45, 2.75) is 113 Å². The molecule has 2 aromatic rings. The number of sulfone groups is 1. The number of aromatic nitrogens is 2. The lowest BCUT2D eigenvalue weighted by Crippen LogP contribution is -2.62. The number of aliphatic hydroxyl groups is 2. The zero-order valence-electron chi connectivity index (χ0n) is 30.0. The quantitative estimate of drug-likeness (QED) is 0.221. The molecule has 6 rings (SSSR count). The lowest BCUT2D eigenvalue weighted by atomic mass is 9.45. The van der Waals surface area contributed by atoms with Gasteiger partial charge in [-0.15, -0.1) is 0 Å². The number of carbonyl (C=O) groups excluding carboxylic acids is 4. The van der Waals surface area contributed by atoms with Gasteiger partial charge >= 0.3 is 22.8 Å². The van der Waals surface area contributed by atoms with Crippen LogP contribution in [0.1, 0.15) is 85.0 Å². The fourth-order valence-electron chi connectivity index (χ4n) is 9.60. The second-order valence-corrected chi connectivity index (χ2v) is 17.2. The molecule has 1 aromatic heterocycles. The SMILES string of the molecule is CC(CCOc1no[n+]([O-])c1S(=O)(=O)c1ccccc1)OC(=O)CCC(=O)OCC(=O)[C@@]1(O)CC[C@H]2[C@@H]3CCC4=CC(=O)CC[C@]4(C)[C@H]3[C@@H](O)C[C@@]21C. The first-order chi connectivity index (χ1) is 25.0. The minimum Gasteiger partial charge on any atom is -0.463 e. The van der Waals surface area contributed by atoms with Crippen molar-refractivity contribution >= 4 is 33.3 Å². The molecule has 1 heterocycles. The van der Waals surface area contributed by atoms with Gasteiger partial charge in [0.25, 0.3) is 9.84 Å². The maximum Gasteiger partial charge on any atom is 0.414 e. The van der Waals surface area contributed by atoms with E-state index in [9.17, 15) is 43.0 Å². The Kier molecular flexibility index (Phi) is 10.6. The molecule has 1 unspecified atom stereocenters. The largest absolute Gasteiger partial charge is 0.463 e. The number of fused-ring (bicyclic) bond motifs is 5. The number of esters is 2. The molecule has 4 aliphatic carbocycles. The van der Waals surface area contributed by atoms with Gasteiger partial charge in [0.05, 0.1) is 35.6 Å². The van der Waals surface area contributed by atoms with Crippen LogP contribution in [0.15, 0.2) is 56.5 Å². The summed E-state index contributed by atoms with van der Waals surface area (Å²) in [6.07, 6.45) is 3.22. The van der Waals surface area contributed by atoms with Crippen molar-refractivity contribution in [1.29, 1.82) is 0 Å². The average molecular weight is 759 g/mol. The Morgan fingerprint density at radius 3 is 2.55 bits per heavy atom. The minimum atomic E-state index is -4.30. The molecule has 0 spiro atoms. The molecule has 2 N–H and O–H groups in total. The third kappa shape index (κ3) is 7.00. The number of ketones is 2. The van der Waals surface area contributed by atoms with Gasteiger partial charge in [-0.25, -0.2) is 8.42 Å². The van der Waals surface area contributed by atoms with E-state index in [1.807, 2.05) is 6.92 Å². The van der Waals surface area contributed by atoms with Crippen LogP contribution in [0.3, 0.4) is 0 Å². The number of carbonyl (C=O) groups is 4. The van der Waals surface area contributed by atoms with E-state index >= 15 is 0 Å². The van der Waals surface area contributed by atoms with Crippen LogP contribution in [0.5, 0.6) is 5.88 Å². The molecule has 16 heteroatoms. The third-order valence-corrected chi connectivity index (χ3v) is 14.1. The summed E-state index contributed by atoms with van der Waals surface area (Å²) in [7, 11) is -4.30. The first-order valence-electron chi connectivity index (χ1n) is 18.1. The van der Waals surface area contributed by atoms with Crippen molar-refractivity contribution in [3.8, 4) is 5.88 Å². The maximum absolute atomic E-state index is 13.5. The van der Waals surface area contributed by atoms with Crippen LogP contribution < -0.4 is 9.64 Å². The summed E-state index contributed by atoms with van der Waals surface area (Å²) in [5.74, 6) is -2.65. The monoisotopic (exact) mass is 758 g/mol. The summed E-state index contributed by atoms with van der Waals surface area (Å²) in [6.45, 7) is 4.67. The molecular formula is C37H46N2O13S. The van der Waals surface area contributed by atoms with Crippen LogP contribution >= 0.6 is 0 Å². The second kappa shape index (κ2) is 14.6. The van der Waals surface area contributed by atoms with Crippen molar-refractivity contribution < 1.29 is 61.6 Å². The number of hydrogen-bond donors (Lipinski definition) is 2. The zero-order valence-corrected chi connectivity index (χ0v) is 30.8. The summed E-state index contributed by atoms with van der Waals surface area (Å²) in [5.41, 5.74) is -1.94. The van der Waals surface area contributed by atoms with Gasteiger partial charge in [0.1, 0.15) is 11.7 Å². The van der Waals surface area contributed by atoms with Crippen molar-refractivity contribution in [3.05, 3.63) is 47.2 Å². The van der Waals surface area contributed by atoms with E-state index in [-0.39, 0.29) is 77.5 Å². The topological polar surface area (TPSA) is 224 Å². The highest BCUT2D eigenvalue weighted by atomic mass is 32.2. The summed E-state index contributed by atoms with van der Waals surface area (Å²) in [4.78, 5) is 50.3. The Balaban J connectivity index is 0.956. The predicted octanol–water partition coefficient (Wildman–Crippen LogP) is 2.97. The Bertz CT molecular complexity index is 1890. The lowest BCUT2D eigenvalue weighted by molar-refractivity contribution is -0.832. The second-order valence-electron chi connectivity index (χ2n) is 15.4. The number of aliphatic hydroxyl groups excluding tert-OH is 1. The van der Waals surface area contributed by atoms with E-state index in [1.54, 1.807) is 19.1 Å². The fourth-order valence-corrected chi connectivity index (χ4v) is 10.9. The maximum atomic E-state index is 13.5. The summed E-state index contributed by atoms with van der Waals surface area (Å²) in [6, 6.07) is 7.20. The van der Waals surface area contributed by atoms with E-state index in [1.165, 1.54) is 24.3 Å². The van der Waals surface area contributed by atoms with E-state index in [0.29, 0.717) is 19.3 Å². The highest BCUT2D eigenvalue weighted by Gasteiger charge is 2.68. The van der Waals surface area contributed by atoms with Crippen LogP contribution in [-0.2, 0) is 38.5 Å². The Morgan fingerprint density at radius 1 is 1.09 bits per heavy atom. The van der Waals surface area contributed by atoms with Gasteiger partial charge in [-0.2, -0.15) is 0 Å². The van der Waals surface area contributed by atoms with E-state index in [0.717, 1.165) is 18.4 Å². The first-order valence-corrected chi connectivity index (χ1v) is 19.5. The molecule has 0 saturated heterocycles. The standard InChI is InChI=1S/C37H46N2O13S/c1-22(15-18-49-33-34(39(46)52-38-33)53(47,48)25-7-5-4-6-8-25)51-31(44)12-11-30(43)50-21-29(42)37(45)17-14-27-26-10-9-23-19-24(40)13-16-35(23,2)32(26)28(41)20-36(27,37)3/h4-8,19,22,26-28,32,41,45H,9-18,20-21H2,1-3H3/t22?,26-,27-,28-,32+,35-,36-,37-/m0/s1. The van der Waals surface area contributed by atoms with Gasteiger partial charge in [-0.1, -0.05) is 37.6 Å². The molecule has 8 atom stereocenters. The van der Waals surface area contributed by atoms with Crippen LogP contribution in [0.2, 0.25) is 0 Å². The lowest BCUT2D eigenvalue weighted by Gasteiger charge is -2.60. The molecule has 53 heavy (non-hydrogen) atoms. The Labute approximate surface area is 307 Å². The molecule has 15 nitrogen and oxygen atoms in total. The Morgan fingerprint density at radius 2 is 1.81 bits per heavy atom. The third-order valence-electron chi connectivity index (χ3n) is 12.4. The van der Waals surface area contributed by atoms with Crippen LogP contribution in [0.25, 0.3) is 0 Å². The molecular weight excluding hydrogens is 712 g/mol. The minimum absolute atomic E-state index is 0.0258. The number of allylic oxidation sites excluding steroid dienone is 1. The van der Waals surface area contributed by atoms with Gasteiger partial charge in [0.2, 0.25) is 5.78 Å². The number of hydrogen-bond acceptors (Lipinski definition) is 14. The highest BCUT2D eigenvalue weighted by Crippen LogP contribution is 2.67. The Hall–Kier alpha value is -4.15. The van der Waals surface area contributed by atoms with Gasteiger partial charge < -0.3 is 29.6 Å². The van der Waals surface area contributed by atoms with E-state index < -0.39 is 68.3 Å². The summed E-state index contributed by atoms with van der Waals surface area (Å²) >= 11 is 0. The fraction of sp³-hybridized carbons (Fsp3) is 0.622. The van der Waals surface area contributed by atoms with Gasteiger partial charge in [-0.3, -0.25) is 23.8 Å². The summed E-state index contributed by atoms with van der Waals surface area (Å²) in [5, 5.41) is 38.1. The zero-order chi connectivity index (χ0) is 38.3. The smallest absolute Gasteiger partial charge is 0.414 e. The van der Waals surface area contributed by atoms with Gasteiger partial charge in [0.15, 0.2) is 12.4 Å². The summed E-state index contributed by atoms with van der Waals surface area (Å²) < 4.78 is 46.1. The molecule has 1 aromatic carbocycles. The van der Waals surface area contributed by atoms with E-state index in [2.05, 4.69) is 16.7 Å². The molecule has 288 valence electrons. The molecule has 3 saturated carbocycles.